The number of carboxylic acids is 1. The normalized spacial score (nSPS) is 11.8. The first-order chi connectivity index (χ1) is 9.85. The number of ether oxygens (including phenoxy) is 1. The molecular weight excluding hydrogens is 286 g/mol. The highest BCUT2D eigenvalue weighted by molar-refractivity contribution is 5.92. The topological polar surface area (TPSA) is 87.7 Å². The summed E-state index contributed by atoms with van der Waals surface area (Å²) in [6.07, 6.45) is 0.0456. The van der Waals surface area contributed by atoms with Crippen LogP contribution in [0.15, 0.2) is 12.1 Å². The lowest BCUT2D eigenvalue weighted by atomic mass is 10.2. The van der Waals surface area contributed by atoms with Gasteiger partial charge in [-0.1, -0.05) is 0 Å². The lowest BCUT2D eigenvalue weighted by Crippen LogP contribution is -2.43. The Labute approximate surface area is 120 Å². The van der Waals surface area contributed by atoms with Gasteiger partial charge in [0.05, 0.1) is 5.69 Å². The summed E-state index contributed by atoms with van der Waals surface area (Å²) in [5, 5.41) is 13.1. The molecule has 0 bridgehead atoms. The van der Waals surface area contributed by atoms with E-state index in [9.17, 15) is 18.4 Å². The fourth-order valence-corrected chi connectivity index (χ4v) is 1.55. The number of methoxy groups -OCH3 is 1. The smallest absolute Gasteiger partial charge is 0.326 e. The summed E-state index contributed by atoms with van der Waals surface area (Å²) in [5.41, 5.74) is -0.270. The summed E-state index contributed by atoms with van der Waals surface area (Å²) in [7, 11) is 1.39. The molecule has 0 heterocycles. The van der Waals surface area contributed by atoms with Gasteiger partial charge in [-0.2, -0.15) is 0 Å². The number of urea groups is 1. The van der Waals surface area contributed by atoms with Crippen molar-refractivity contribution in [2.45, 2.75) is 19.4 Å². The van der Waals surface area contributed by atoms with E-state index in [1.807, 2.05) is 0 Å². The average Bonchev–Trinajstić information content (AvgIpc) is 2.40. The number of anilines is 1. The maximum absolute atomic E-state index is 13.5. The fraction of sp³-hybridized carbons (Fsp3) is 0.385. The summed E-state index contributed by atoms with van der Waals surface area (Å²) in [4.78, 5) is 22.6. The summed E-state index contributed by atoms with van der Waals surface area (Å²) in [5.74, 6) is -2.74. The zero-order valence-corrected chi connectivity index (χ0v) is 11.6. The molecule has 1 aromatic rings. The van der Waals surface area contributed by atoms with E-state index in [1.54, 1.807) is 0 Å². The van der Waals surface area contributed by atoms with E-state index < -0.39 is 29.7 Å². The minimum absolute atomic E-state index is 0.0456. The second kappa shape index (κ2) is 7.53. The van der Waals surface area contributed by atoms with Crippen LogP contribution in [0.25, 0.3) is 0 Å². The number of amides is 2. The number of aliphatic carboxylic acids is 1. The Hall–Kier alpha value is -2.22. The van der Waals surface area contributed by atoms with Gasteiger partial charge in [-0.3, -0.25) is 0 Å². The molecule has 0 saturated heterocycles. The lowest BCUT2D eigenvalue weighted by Gasteiger charge is -2.15. The van der Waals surface area contributed by atoms with Crippen LogP contribution in [-0.2, 0) is 9.53 Å². The highest BCUT2D eigenvalue weighted by atomic mass is 19.1. The zero-order chi connectivity index (χ0) is 16.0. The number of carboxylic acid groups (broad SMARTS) is 1. The summed E-state index contributed by atoms with van der Waals surface area (Å²) in [6, 6.07) is -0.372. The van der Waals surface area contributed by atoms with E-state index in [0.717, 1.165) is 12.1 Å². The zero-order valence-electron chi connectivity index (χ0n) is 11.6. The van der Waals surface area contributed by atoms with E-state index in [4.69, 9.17) is 9.84 Å². The molecule has 2 amide bonds. The number of aryl methyl sites for hydroxylation is 1. The van der Waals surface area contributed by atoms with Crippen LogP contribution in [0.5, 0.6) is 0 Å². The third kappa shape index (κ3) is 4.99. The van der Waals surface area contributed by atoms with Crippen molar-refractivity contribution in [2.75, 3.05) is 19.0 Å². The standard InChI is InChI=1S/C13H16F2N2O4/c1-7-5-9(15)11(6-8(7)14)17-13(20)16-10(12(18)19)3-4-21-2/h5-6,10H,3-4H2,1-2H3,(H,18,19)(H2,16,17,20). The Bertz CT molecular complexity index is 537. The third-order valence-corrected chi connectivity index (χ3v) is 2.71. The molecule has 0 saturated carbocycles. The van der Waals surface area contributed by atoms with Crippen LogP contribution in [0, 0.1) is 18.6 Å². The first-order valence-corrected chi connectivity index (χ1v) is 6.10. The van der Waals surface area contributed by atoms with Crippen molar-refractivity contribution in [1.82, 2.24) is 5.32 Å². The summed E-state index contributed by atoms with van der Waals surface area (Å²) >= 11 is 0. The molecule has 0 aliphatic rings. The number of carbonyl (C=O) groups is 2. The van der Waals surface area contributed by atoms with Crippen molar-refractivity contribution in [3.05, 3.63) is 29.3 Å². The molecule has 6 nitrogen and oxygen atoms in total. The minimum Gasteiger partial charge on any atom is -0.480 e. The number of halogens is 2. The van der Waals surface area contributed by atoms with E-state index in [0.29, 0.717) is 0 Å². The molecule has 1 atom stereocenters. The van der Waals surface area contributed by atoms with E-state index >= 15 is 0 Å². The monoisotopic (exact) mass is 302 g/mol. The predicted molar refractivity (Wildman–Crippen MR) is 71.2 cm³/mol. The predicted octanol–water partition coefficient (Wildman–Crippen LogP) is 1.88. The molecule has 0 radical (unpaired) electrons. The van der Waals surface area contributed by atoms with Crippen LogP contribution in [0.2, 0.25) is 0 Å². The Morgan fingerprint density at radius 2 is 2.00 bits per heavy atom. The number of hydrogen-bond acceptors (Lipinski definition) is 3. The van der Waals surface area contributed by atoms with E-state index in [2.05, 4.69) is 10.6 Å². The van der Waals surface area contributed by atoms with Gasteiger partial charge in [0.15, 0.2) is 0 Å². The average molecular weight is 302 g/mol. The quantitative estimate of drug-likeness (QED) is 0.749. The van der Waals surface area contributed by atoms with Gasteiger partial charge in [0.25, 0.3) is 0 Å². The van der Waals surface area contributed by atoms with Crippen LogP contribution in [-0.4, -0.2) is 36.9 Å². The molecule has 21 heavy (non-hydrogen) atoms. The van der Waals surface area contributed by atoms with Crippen molar-refractivity contribution < 1.29 is 28.2 Å². The molecule has 3 N–H and O–H groups in total. The second-order valence-electron chi connectivity index (χ2n) is 4.35. The Kier molecular flexibility index (Phi) is 6.04. The van der Waals surface area contributed by atoms with Gasteiger partial charge in [-0.15, -0.1) is 0 Å². The van der Waals surface area contributed by atoms with E-state index in [1.165, 1.54) is 14.0 Å². The molecular formula is C13H16F2N2O4. The minimum atomic E-state index is -1.25. The molecule has 0 spiro atoms. The van der Waals surface area contributed by atoms with Crippen LogP contribution < -0.4 is 10.6 Å². The molecule has 1 rings (SSSR count). The van der Waals surface area contributed by atoms with Crippen molar-refractivity contribution in [3.8, 4) is 0 Å². The fourth-order valence-electron chi connectivity index (χ4n) is 1.55. The molecule has 0 aromatic heterocycles. The Balaban J connectivity index is 2.72. The lowest BCUT2D eigenvalue weighted by molar-refractivity contribution is -0.139. The molecule has 1 unspecified atom stereocenters. The second-order valence-corrected chi connectivity index (χ2v) is 4.35. The number of carbonyl (C=O) groups excluding carboxylic acids is 1. The molecule has 1 aromatic carbocycles. The van der Waals surface area contributed by atoms with Gasteiger partial charge in [0, 0.05) is 26.2 Å². The van der Waals surface area contributed by atoms with Gasteiger partial charge in [-0.25, -0.2) is 18.4 Å². The highest BCUT2D eigenvalue weighted by Gasteiger charge is 2.20. The largest absolute Gasteiger partial charge is 0.480 e. The van der Waals surface area contributed by atoms with Crippen molar-refractivity contribution in [2.24, 2.45) is 0 Å². The first-order valence-electron chi connectivity index (χ1n) is 6.10. The van der Waals surface area contributed by atoms with Crippen molar-refractivity contribution in [1.29, 1.82) is 0 Å². The SMILES string of the molecule is COCCC(NC(=O)Nc1cc(F)c(C)cc1F)C(=O)O. The third-order valence-electron chi connectivity index (χ3n) is 2.71. The summed E-state index contributed by atoms with van der Waals surface area (Å²) in [6.45, 7) is 1.51. The highest BCUT2D eigenvalue weighted by Crippen LogP contribution is 2.18. The number of nitrogens with one attached hydrogen (secondary N) is 2. The van der Waals surface area contributed by atoms with Crippen LogP contribution in [0.3, 0.4) is 0 Å². The van der Waals surface area contributed by atoms with Crippen molar-refractivity contribution in [3.63, 3.8) is 0 Å². The maximum atomic E-state index is 13.5. The number of benzene rings is 1. The molecule has 0 aliphatic carbocycles. The Morgan fingerprint density at radius 3 is 2.57 bits per heavy atom. The van der Waals surface area contributed by atoms with Gasteiger partial charge >= 0.3 is 12.0 Å². The van der Waals surface area contributed by atoms with Gasteiger partial charge in [-0.05, 0) is 18.6 Å². The first kappa shape index (κ1) is 16.8. The number of rotatable bonds is 6. The van der Waals surface area contributed by atoms with Gasteiger partial charge < -0.3 is 20.5 Å². The molecule has 116 valence electrons. The van der Waals surface area contributed by atoms with Gasteiger partial charge in [0.1, 0.15) is 17.7 Å². The van der Waals surface area contributed by atoms with Crippen LogP contribution >= 0.6 is 0 Å². The maximum Gasteiger partial charge on any atom is 0.326 e. The van der Waals surface area contributed by atoms with Crippen molar-refractivity contribution >= 4 is 17.7 Å². The molecule has 0 fully saturated rings. The number of hydrogen-bond donors (Lipinski definition) is 3. The molecule has 0 aliphatic heterocycles. The summed E-state index contributed by atoms with van der Waals surface area (Å²) < 4.78 is 31.6. The van der Waals surface area contributed by atoms with E-state index in [-0.39, 0.29) is 24.3 Å². The molecule has 8 heteroatoms. The van der Waals surface area contributed by atoms with Crippen LogP contribution in [0.4, 0.5) is 19.3 Å². The van der Waals surface area contributed by atoms with Gasteiger partial charge in [0.2, 0.25) is 0 Å². The van der Waals surface area contributed by atoms with Crippen LogP contribution in [0.1, 0.15) is 12.0 Å². The Morgan fingerprint density at radius 1 is 1.33 bits per heavy atom.